The van der Waals surface area contributed by atoms with Gasteiger partial charge in [-0.15, -0.1) is 0 Å². The molecule has 3 nitrogen and oxygen atoms in total. The lowest BCUT2D eigenvalue weighted by Crippen LogP contribution is -2.36. The van der Waals surface area contributed by atoms with E-state index in [1.165, 1.54) is 6.42 Å². The van der Waals surface area contributed by atoms with Gasteiger partial charge >= 0.3 is 0 Å². The van der Waals surface area contributed by atoms with E-state index in [9.17, 15) is 0 Å². The molecule has 0 saturated heterocycles. The lowest BCUT2D eigenvalue weighted by molar-refractivity contribution is 0.247. The van der Waals surface area contributed by atoms with Crippen LogP contribution in [0.4, 0.5) is 0 Å². The zero-order chi connectivity index (χ0) is 9.52. The number of unbranched alkanes of at least 4 members (excludes halogenated alkanes) is 1. The standard InChI is InChI=1S/C10H18N2O/c1-2-3-5-9(8-13)12-10-6-4-7-11-10/h4,6,9,13H,2-3,5,7-8H2,1H3,(H,11,12). The third-order valence-corrected chi connectivity index (χ3v) is 2.12. The highest BCUT2D eigenvalue weighted by atomic mass is 16.3. The number of hydrogen-bond donors (Lipinski definition) is 2. The smallest absolute Gasteiger partial charge is 0.121 e. The molecule has 0 spiro atoms. The second-order valence-corrected chi connectivity index (χ2v) is 3.29. The second-order valence-electron chi connectivity index (χ2n) is 3.29. The predicted molar refractivity (Wildman–Crippen MR) is 55.0 cm³/mol. The van der Waals surface area contributed by atoms with Gasteiger partial charge in [-0.1, -0.05) is 25.8 Å². The van der Waals surface area contributed by atoms with Crippen LogP contribution in [-0.2, 0) is 0 Å². The maximum absolute atomic E-state index is 9.07. The molecule has 1 unspecified atom stereocenters. The molecule has 1 heterocycles. The first-order valence-electron chi connectivity index (χ1n) is 4.95. The molecular weight excluding hydrogens is 164 g/mol. The molecule has 13 heavy (non-hydrogen) atoms. The molecule has 1 atom stereocenters. The van der Waals surface area contributed by atoms with Gasteiger partial charge in [0, 0.05) is 0 Å². The summed E-state index contributed by atoms with van der Waals surface area (Å²) in [6.07, 6.45) is 7.31. The molecule has 1 rings (SSSR count). The highest BCUT2D eigenvalue weighted by Gasteiger charge is 2.08. The van der Waals surface area contributed by atoms with E-state index in [1.54, 1.807) is 0 Å². The molecule has 0 radical (unpaired) electrons. The Hall–Kier alpha value is -0.830. The van der Waals surface area contributed by atoms with Crippen molar-refractivity contribution in [3.8, 4) is 0 Å². The number of hydrogen-bond acceptors (Lipinski definition) is 3. The van der Waals surface area contributed by atoms with Crippen LogP contribution in [0.2, 0.25) is 0 Å². The molecule has 0 aromatic heterocycles. The van der Waals surface area contributed by atoms with Crippen LogP contribution in [0.1, 0.15) is 26.2 Å². The Bertz CT molecular complexity index is 199. The van der Waals surface area contributed by atoms with Crippen LogP contribution in [0.25, 0.3) is 0 Å². The van der Waals surface area contributed by atoms with Crippen LogP contribution in [-0.4, -0.2) is 30.1 Å². The van der Waals surface area contributed by atoms with Gasteiger partial charge in [0.05, 0.1) is 19.2 Å². The van der Waals surface area contributed by atoms with Gasteiger partial charge in [0.25, 0.3) is 0 Å². The fourth-order valence-electron chi connectivity index (χ4n) is 1.33. The molecular formula is C10H18N2O. The maximum atomic E-state index is 9.07. The van der Waals surface area contributed by atoms with E-state index in [0.29, 0.717) is 0 Å². The van der Waals surface area contributed by atoms with Crippen molar-refractivity contribution in [1.29, 1.82) is 0 Å². The molecule has 1 aliphatic rings. The molecule has 74 valence electrons. The fourth-order valence-corrected chi connectivity index (χ4v) is 1.33. The number of aliphatic hydroxyl groups is 1. The van der Waals surface area contributed by atoms with E-state index in [0.717, 1.165) is 25.2 Å². The number of nitrogens with one attached hydrogen (secondary N) is 1. The zero-order valence-corrected chi connectivity index (χ0v) is 8.16. The van der Waals surface area contributed by atoms with Crippen LogP contribution >= 0.6 is 0 Å². The average Bonchev–Trinajstić information content (AvgIpc) is 2.64. The molecule has 1 aliphatic heterocycles. The number of amidine groups is 1. The average molecular weight is 182 g/mol. The lowest BCUT2D eigenvalue weighted by atomic mass is 10.1. The summed E-state index contributed by atoms with van der Waals surface area (Å²) in [7, 11) is 0. The normalized spacial score (nSPS) is 17.2. The molecule has 0 saturated carbocycles. The van der Waals surface area contributed by atoms with E-state index in [4.69, 9.17) is 5.11 Å². The van der Waals surface area contributed by atoms with Gasteiger partial charge in [-0.05, 0) is 12.5 Å². The van der Waals surface area contributed by atoms with E-state index in [2.05, 4.69) is 17.2 Å². The van der Waals surface area contributed by atoms with Crippen LogP contribution in [0.5, 0.6) is 0 Å². The van der Waals surface area contributed by atoms with Gasteiger partial charge in [-0.2, -0.15) is 0 Å². The highest BCUT2D eigenvalue weighted by Crippen LogP contribution is 2.01. The third kappa shape index (κ3) is 3.59. The van der Waals surface area contributed by atoms with Gasteiger partial charge < -0.3 is 10.4 Å². The fraction of sp³-hybridized carbons (Fsp3) is 0.700. The minimum Gasteiger partial charge on any atom is -0.394 e. The van der Waals surface area contributed by atoms with Crippen molar-refractivity contribution in [2.75, 3.05) is 13.2 Å². The first kappa shape index (κ1) is 10.3. The zero-order valence-electron chi connectivity index (χ0n) is 8.16. The summed E-state index contributed by atoms with van der Waals surface area (Å²) in [5, 5.41) is 12.3. The Morgan fingerprint density at radius 1 is 1.69 bits per heavy atom. The van der Waals surface area contributed by atoms with Crippen molar-refractivity contribution in [3.05, 3.63) is 12.2 Å². The summed E-state index contributed by atoms with van der Waals surface area (Å²) in [4.78, 5) is 4.21. The first-order chi connectivity index (χ1) is 6.36. The highest BCUT2D eigenvalue weighted by molar-refractivity contribution is 5.94. The Balaban J connectivity index is 2.26. The largest absolute Gasteiger partial charge is 0.394 e. The number of rotatable bonds is 5. The summed E-state index contributed by atoms with van der Waals surface area (Å²) in [6, 6.07) is 0.168. The van der Waals surface area contributed by atoms with Crippen molar-refractivity contribution in [2.24, 2.45) is 4.99 Å². The Labute approximate surface area is 79.6 Å². The van der Waals surface area contributed by atoms with Gasteiger partial charge in [-0.3, -0.25) is 4.99 Å². The predicted octanol–water partition coefficient (Wildman–Crippen LogP) is 1.10. The van der Waals surface area contributed by atoms with Gasteiger partial charge in [0.15, 0.2) is 0 Å². The van der Waals surface area contributed by atoms with Crippen molar-refractivity contribution in [2.45, 2.75) is 32.2 Å². The molecule has 0 amide bonds. The molecule has 0 aromatic rings. The summed E-state index contributed by atoms with van der Waals surface area (Å²) < 4.78 is 0. The van der Waals surface area contributed by atoms with Crippen LogP contribution in [0.3, 0.4) is 0 Å². The number of aliphatic imine (C=N–C) groups is 1. The maximum Gasteiger partial charge on any atom is 0.121 e. The van der Waals surface area contributed by atoms with Gasteiger partial charge in [0.1, 0.15) is 5.84 Å². The van der Waals surface area contributed by atoms with Crippen molar-refractivity contribution < 1.29 is 5.11 Å². The van der Waals surface area contributed by atoms with E-state index in [-0.39, 0.29) is 12.6 Å². The van der Waals surface area contributed by atoms with Crippen LogP contribution in [0, 0.1) is 0 Å². The molecule has 2 N–H and O–H groups in total. The Kier molecular flexibility index (Phi) is 4.54. The van der Waals surface area contributed by atoms with E-state index in [1.807, 2.05) is 12.2 Å². The topological polar surface area (TPSA) is 44.6 Å². The second kappa shape index (κ2) is 5.75. The number of aliphatic hydroxyl groups excluding tert-OH is 1. The first-order valence-corrected chi connectivity index (χ1v) is 4.95. The minimum absolute atomic E-state index is 0.168. The third-order valence-electron chi connectivity index (χ3n) is 2.12. The SMILES string of the molecule is CCCCC(CO)NC1=NCC=C1. The van der Waals surface area contributed by atoms with Crippen molar-refractivity contribution in [3.63, 3.8) is 0 Å². The summed E-state index contributed by atoms with van der Waals surface area (Å²) in [5.74, 6) is 0.912. The summed E-state index contributed by atoms with van der Waals surface area (Å²) in [6.45, 7) is 3.11. The number of nitrogens with zero attached hydrogens (tertiary/aromatic N) is 1. The molecule has 0 aliphatic carbocycles. The monoisotopic (exact) mass is 182 g/mol. The van der Waals surface area contributed by atoms with Gasteiger partial charge in [-0.25, -0.2) is 0 Å². The van der Waals surface area contributed by atoms with Crippen LogP contribution < -0.4 is 5.32 Å². The minimum atomic E-state index is 0.168. The van der Waals surface area contributed by atoms with Crippen molar-refractivity contribution in [1.82, 2.24) is 5.32 Å². The Morgan fingerprint density at radius 3 is 3.08 bits per heavy atom. The van der Waals surface area contributed by atoms with Crippen LogP contribution in [0.15, 0.2) is 17.1 Å². The van der Waals surface area contributed by atoms with Crippen molar-refractivity contribution >= 4 is 5.84 Å². The summed E-state index contributed by atoms with van der Waals surface area (Å²) in [5.41, 5.74) is 0. The molecule has 0 fully saturated rings. The quantitative estimate of drug-likeness (QED) is 0.668. The van der Waals surface area contributed by atoms with E-state index >= 15 is 0 Å². The van der Waals surface area contributed by atoms with Gasteiger partial charge in [0.2, 0.25) is 0 Å². The molecule has 0 bridgehead atoms. The summed E-state index contributed by atoms with van der Waals surface area (Å²) >= 11 is 0. The Morgan fingerprint density at radius 2 is 2.54 bits per heavy atom. The van der Waals surface area contributed by atoms with E-state index < -0.39 is 0 Å². The lowest BCUT2D eigenvalue weighted by Gasteiger charge is -2.15. The molecule has 0 aromatic carbocycles. The molecule has 3 heteroatoms.